The highest BCUT2D eigenvalue weighted by atomic mass is 16.5. The first-order valence-corrected chi connectivity index (χ1v) is 4.89. The molecular weight excluding hydrogens is 208 g/mol. The van der Waals surface area contributed by atoms with Crippen molar-refractivity contribution in [2.75, 3.05) is 11.9 Å². The number of anilines is 1. The average Bonchev–Trinajstić information content (AvgIpc) is 2.29. The number of aromatic nitrogens is 1. The van der Waals surface area contributed by atoms with Crippen LogP contribution in [0.3, 0.4) is 0 Å². The van der Waals surface area contributed by atoms with E-state index in [1.54, 1.807) is 13.0 Å². The van der Waals surface area contributed by atoms with E-state index in [1.165, 1.54) is 12.3 Å². The van der Waals surface area contributed by atoms with Gasteiger partial charge < -0.3 is 10.1 Å². The summed E-state index contributed by atoms with van der Waals surface area (Å²) in [5.74, 6) is -0.728. The number of nitrogens with one attached hydrogen (secondary N) is 1. The van der Waals surface area contributed by atoms with E-state index in [0.29, 0.717) is 5.69 Å². The van der Waals surface area contributed by atoms with Gasteiger partial charge in [0, 0.05) is 18.3 Å². The van der Waals surface area contributed by atoms with Crippen LogP contribution in [0.25, 0.3) is 0 Å². The number of ether oxygens (including phenoxy) is 1. The van der Waals surface area contributed by atoms with E-state index in [9.17, 15) is 9.59 Å². The van der Waals surface area contributed by atoms with E-state index in [1.807, 2.05) is 0 Å². The van der Waals surface area contributed by atoms with Crippen molar-refractivity contribution in [3.05, 3.63) is 30.9 Å². The molecule has 1 N–H and O–H groups in total. The summed E-state index contributed by atoms with van der Waals surface area (Å²) in [6.07, 6.45) is 1.57. The van der Waals surface area contributed by atoms with Crippen molar-refractivity contribution in [2.24, 2.45) is 0 Å². The molecule has 1 amide bonds. The molecule has 1 rings (SSSR count). The highest BCUT2D eigenvalue weighted by molar-refractivity contribution is 5.93. The average molecular weight is 221 g/mol. The van der Waals surface area contributed by atoms with Crippen molar-refractivity contribution in [3.8, 4) is 0 Å². The fourth-order valence-electron chi connectivity index (χ4n) is 1.05. The van der Waals surface area contributed by atoms with Crippen molar-refractivity contribution >= 4 is 17.6 Å². The molecule has 0 aliphatic heterocycles. The van der Waals surface area contributed by atoms with Crippen LogP contribution in [0.2, 0.25) is 0 Å². The van der Waals surface area contributed by atoms with Gasteiger partial charge in [-0.2, -0.15) is 0 Å². The summed E-state index contributed by atoms with van der Waals surface area (Å²) < 4.78 is 4.79. The maximum atomic E-state index is 11.3. The first-order valence-electron chi connectivity index (χ1n) is 4.89. The zero-order chi connectivity index (χ0) is 12.0. The molecule has 0 spiro atoms. The van der Waals surface area contributed by atoms with Crippen LogP contribution >= 0.6 is 0 Å². The lowest BCUT2D eigenvalue weighted by Crippen LogP contribution is -2.12. The summed E-state index contributed by atoms with van der Waals surface area (Å²) in [6.45, 7) is 5.45. The minimum atomic E-state index is -0.506. The van der Waals surface area contributed by atoms with Gasteiger partial charge in [-0.3, -0.25) is 4.79 Å². The SMILES string of the molecule is [CH2]CC(=O)Nc1ccnc(C(=O)OCC)c1. The molecule has 16 heavy (non-hydrogen) atoms. The quantitative estimate of drug-likeness (QED) is 0.781. The summed E-state index contributed by atoms with van der Waals surface area (Å²) >= 11 is 0. The fourth-order valence-corrected chi connectivity index (χ4v) is 1.05. The van der Waals surface area contributed by atoms with Gasteiger partial charge in [-0.25, -0.2) is 9.78 Å². The second-order valence-electron chi connectivity index (χ2n) is 2.95. The summed E-state index contributed by atoms with van der Waals surface area (Å²) in [5, 5.41) is 2.58. The smallest absolute Gasteiger partial charge is 0.356 e. The molecule has 0 bridgehead atoms. The second-order valence-corrected chi connectivity index (χ2v) is 2.95. The second kappa shape index (κ2) is 5.85. The van der Waals surface area contributed by atoms with Crippen LogP contribution in [-0.2, 0) is 9.53 Å². The normalized spacial score (nSPS) is 9.62. The van der Waals surface area contributed by atoms with Gasteiger partial charge in [-0.1, -0.05) is 0 Å². The van der Waals surface area contributed by atoms with Crippen LogP contribution in [0.15, 0.2) is 18.3 Å². The molecule has 85 valence electrons. The Morgan fingerprint density at radius 3 is 2.94 bits per heavy atom. The maximum absolute atomic E-state index is 11.3. The van der Waals surface area contributed by atoms with Crippen molar-refractivity contribution in [1.29, 1.82) is 0 Å². The molecule has 5 nitrogen and oxygen atoms in total. The Kier molecular flexibility index (Phi) is 4.44. The third kappa shape index (κ3) is 3.34. The van der Waals surface area contributed by atoms with E-state index < -0.39 is 5.97 Å². The predicted molar refractivity (Wildman–Crippen MR) is 58.8 cm³/mol. The van der Waals surface area contributed by atoms with Gasteiger partial charge in [0.05, 0.1) is 6.61 Å². The number of esters is 1. The van der Waals surface area contributed by atoms with Gasteiger partial charge >= 0.3 is 5.97 Å². The molecule has 5 heteroatoms. The lowest BCUT2D eigenvalue weighted by atomic mass is 10.3. The maximum Gasteiger partial charge on any atom is 0.356 e. The molecule has 1 heterocycles. The molecule has 1 aromatic rings. The van der Waals surface area contributed by atoms with Crippen LogP contribution in [0.5, 0.6) is 0 Å². The van der Waals surface area contributed by atoms with E-state index >= 15 is 0 Å². The van der Waals surface area contributed by atoms with Crippen LogP contribution < -0.4 is 5.32 Å². The van der Waals surface area contributed by atoms with Crippen molar-refractivity contribution < 1.29 is 14.3 Å². The zero-order valence-electron chi connectivity index (χ0n) is 9.03. The summed E-state index contributed by atoms with van der Waals surface area (Å²) in [5.41, 5.74) is 0.676. The number of hydrogen-bond donors (Lipinski definition) is 1. The topological polar surface area (TPSA) is 68.3 Å². The molecule has 0 unspecified atom stereocenters. The summed E-state index contributed by atoms with van der Waals surface area (Å²) in [4.78, 5) is 26.3. The third-order valence-electron chi connectivity index (χ3n) is 1.76. The van der Waals surface area contributed by atoms with Crippen LogP contribution in [-0.4, -0.2) is 23.5 Å². The fraction of sp³-hybridized carbons (Fsp3) is 0.273. The number of amides is 1. The van der Waals surface area contributed by atoms with Gasteiger partial charge in [-0.05, 0) is 26.0 Å². The van der Waals surface area contributed by atoms with E-state index in [-0.39, 0.29) is 24.6 Å². The minimum absolute atomic E-state index is 0.136. The molecule has 1 radical (unpaired) electrons. The standard InChI is InChI=1S/C11H13N2O3/c1-3-10(14)13-8-5-6-12-9(7-8)11(15)16-4-2/h5-7H,1,3-4H2,2H3,(H,12,13,14). The molecular formula is C11H13N2O3. The van der Waals surface area contributed by atoms with Gasteiger partial charge in [0.2, 0.25) is 5.91 Å². The first kappa shape index (κ1) is 12.2. The number of hydrogen-bond acceptors (Lipinski definition) is 4. The summed E-state index contributed by atoms with van der Waals surface area (Å²) in [7, 11) is 0. The van der Waals surface area contributed by atoms with E-state index in [2.05, 4.69) is 17.2 Å². The highest BCUT2D eigenvalue weighted by Gasteiger charge is 2.09. The van der Waals surface area contributed by atoms with Gasteiger partial charge in [0.15, 0.2) is 0 Å². The Labute approximate surface area is 93.8 Å². The Hall–Kier alpha value is -1.91. The number of rotatable bonds is 4. The molecule has 0 aromatic carbocycles. The zero-order valence-corrected chi connectivity index (χ0v) is 9.03. The third-order valence-corrected chi connectivity index (χ3v) is 1.76. The molecule has 1 aromatic heterocycles. The summed E-state index contributed by atoms with van der Waals surface area (Å²) in [6, 6.07) is 3.06. The highest BCUT2D eigenvalue weighted by Crippen LogP contribution is 2.09. The van der Waals surface area contributed by atoms with Gasteiger partial charge in [0.1, 0.15) is 5.69 Å². The van der Waals surface area contributed by atoms with Crippen molar-refractivity contribution in [1.82, 2.24) is 4.98 Å². The van der Waals surface area contributed by atoms with Crippen molar-refractivity contribution in [3.63, 3.8) is 0 Å². The van der Waals surface area contributed by atoms with E-state index in [4.69, 9.17) is 4.74 Å². The molecule has 0 saturated heterocycles. The van der Waals surface area contributed by atoms with Gasteiger partial charge in [0.25, 0.3) is 0 Å². The molecule has 0 atom stereocenters. The lowest BCUT2D eigenvalue weighted by molar-refractivity contribution is -0.115. The Balaban J connectivity index is 2.78. The molecule has 0 aliphatic rings. The molecule has 0 fully saturated rings. The first-order chi connectivity index (χ1) is 7.67. The van der Waals surface area contributed by atoms with Crippen LogP contribution in [0, 0.1) is 6.92 Å². The molecule has 0 aliphatic carbocycles. The minimum Gasteiger partial charge on any atom is -0.461 e. The molecule has 0 saturated carbocycles. The van der Waals surface area contributed by atoms with Crippen LogP contribution in [0.4, 0.5) is 5.69 Å². The lowest BCUT2D eigenvalue weighted by Gasteiger charge is -2.05. The van der Waals surface area contributed by atoms with E-state index in [0.717, 1.165) is 0 Å². The Bertz CT molecular complexity index is 391. The number of pyridine rings is 1. The Morgan fingerprint density at radius 1 is 1.56 bits per heavy atom. The number of nitrogens with zero attached hydrogens (tertiary/aromatic N) is 1. The monoisotopic (exact) mass is 221 g/mol. The van der Waals surface area contributed by atoms with Crippen LogP contribution in [0.1, 0.15) is 23.8 Å². The van der Waals surface area contributed by atoms with Crippen molar-refractivity contribution in [2.45, 2.75) is 13.3 Å². The number of carbonyl (C=O) groups excluding carboxylic acids is 2. The number of carbonyl (C=O) groups is 2. The Morgan fingerprint density at radius 2 is 2.31 bits per heavy atom. The van der Waals surface area contributed by atoms with Gasteiger partial charge in [-0.15, -0.1) is 0 Å². The predicted octanol–water partition coefficient (Wildman–Crippen LogP) is 1.42. The largest absolute Gasteiger partial charge is 0.461 e.